The van der Waals surface area contributed by atoms with Crippen molar-refractivity contribution in [3.05, 3.63) is 59.2 Å². The van der Waals surface area contributed by atoms with Crippen LogP contribution in [0.15, 0.2) is 42.5 Å². The van der Waals surface area contributed by atoms with Crippen LogP contribution in [0, 0.1) is 0 Å². The molecule has 0 atom stereocenters. The van der Waals surface area contributed by atoms with E-state index in [-0.39, 0.29) is 0 Å². The molecule has 0 fully saturated rings. The molecule has 1 aliphatic rings. The first kappa shape index (κ1) is 14.7. The number of hydrogen-bond acceptors (Lipinski definition) is 2. The van der Waals surface area contributed by atoms with Crippen molar-refractivity contribution in [1.82, 2.24) is 0 Å². The van der Waals surface area contributed by atoms with Gasteiger partial charge in [0.25, 0.3) is 0 Å². The maximum Gasteiger partial charge on any atom is 0.123 e. The molecule has 1 aliphatic heterocycles. The first-order valence-electron chi connectivity index (χ1n) is 8.13. The summed E-state index contributed by atoms with van der Waals surface area (Å²) in [5, 5.41) is 3.43. The van der Waals surface area contributed by atoms with Crippen molar-refractivity contribution < 1.29 is 4.74 Å². The summed E-state index contributed by atoms with van der Waals surface area (Å²) in [6.45, 7) is 4.06. The van der Waals surface area contributed by atoms with Crippen LogP contribution in [0.25, 0.3) is 12.2 Å². The smallest absolute Gasteiger partial charge is 0.123 e. The minimum absolute atomic E-state index is 0.814. The Morgan fingerprint density at radius 1 is 1.05 bits per heavy atom. The molecule has 22 heavy (non-hydrogen) atoms. The number of rotatable bonds is 6. The topological polar surface area (TPSA) is 21.3 Å². The molecule has 0 radical (unpaired) electrons. The number of fused-ring (bicyclic) bond motifs is 1. The van der Waals surface area contributed by atoms with E-state index in [4.69, 9.17) is 4.74 Å². The van der Waals surface area contributed by atoms with Crippen LogP contribution in [-0.4, -0.2) is 13.2 Å². The highest BCUT2D eigenvalue weighted by molar-refractivity contribution is 5.71. The van der Waals surface area contributed by atoms with E-state index >= 15 is 0 Å². The van der Waals surface area contributed by atoms with Crippen molar-refractivity contribution in [2.24, 2.45) is 0 Å². The van der Waals surface area contributed by atoms with Crippen molar-refractivity contribution in [3.63, 3.8) is 0 Å². The lowest BCUT2D eigenvalue weighted by Crippen LogP contribution is -2.00. The molecule has 2 aromatic carbocycles. The van der Waals surface area contributed by atoms with Crippen molar-refractivity contribution >= 4 is 17.8 Å². The summed E-state index contributed by atoms with van der Waals surface area (Å²) in [7, 11) is 0. The highest BCUT2D eigenvalue weighted by Gasteiger charge is 2.10. The Balaban J connectivity index is 1.62. The first-order valence-corrected chi connectivity index (χ1v) is 8.13. The second-order valence-electron chi connectivity index (χ2n) is 5.70. The van der Waals surface area contributed by atoms with Crippen LogP contribution in [0.5, 0.6) is 5.75 Å². The van der Waals surface area contributed by atoms with Crippen molar-refractivity contribution in [1.29, 1.82) is 0 Å². The molecule has 1 heterocycles. The SMILES string of the molecule is CCCCNc1ccc(/C=C/c2ccc3c(c2)OCC3)cc1. The molecule has 114 valence electrons. The first-order chi connectivity index (χ1) is 10.8. The van der Waals surface area contributed by atoms with Crippen molar-refractivity contribution in [2.75, 3.05) is 18.5 Å². The number of hydrogen-bond donors (Lipinski definition) is 1. The van der Waals surface area contributed by atoms with E-state index in [1.165, 1.54) is 35.2 Å². The molecule has 2 heteroatoms. The Morgan fingerprint density at radius 2 is 1.82 bits per heavy atom. The van der Waals surface area contributed by atoms with E-state index in [0.717, 1.165) is 25.3 Å². The monoisotopic (exact) mass is 293 g/mol. The lowest BCUT2D eigenvalue weighted by Gasteiger charge is -2.05. The third-order valence-electron chi connectivity index (χ3n) is 3.96. The molecule has 0 unspecified atom stereocenters. The van der Waals surface area contributed by atoms with Crippen LogP contribution in [0.1, 0.15) is 36.5 Å². The summed E-state index contributed by atoms with van der Waals surface area (Å²) in [5.74, 6) is 1.04. The quantitative estimate of drug-likeness (QED) is 0.597. The second kappa shape index (κ2) is 7.17. The molecule has 0 aliphatic carbocycles. The van der Waals surface area contributed by atoms with Crippen LogP contribution in [0.2, 0.25) is 0 Å². The van der Waals surface area contributed by atoms with E-state index in [0.29, 0.717) is 0 Å². The molecule has 0 aromatic heterocycles. The Kier molecular flexibility index (Phi) is 4.79. The van der Waals surface area contributed by atoms with Gasteiger partial charge in [0.05, 0.1) is 6.61 Å². The third kappa shape index (κ3) is 3.70. The van der Waals surface area contributed by atoms with E-state index in [9.17, 15) is 0 Å². The maximum absolute atomic E-state index is 5.61. The Hall–Kier alpha value is -2.22. The fraction of sp³-hybridized carbons (Fsp3) is 0.300. The highest BCUT2D eigenvalue weighted by Crippen LogP contribution is 2.26. The summed E-state index contributed by atoms with van der Waals surface area (Å²) < 4.78 is 5.61. The minimum Gasteiger partial charge on any atom is -0.493 e. The van der Waals surface area contributed by atoms with Gasteiger partial charge in [-0.2, -0.15) is 0 Å². The van der Waals surface area contributed by atoms with Gasteiger partial charge in [-0.25, -0.2) is 0 Å². The molecular formula is C20H23NO. The van der Waals surface area contributed by atoms with E-state index < -0.39 is 0 Å². The zero-order valence-electron chi connectivity index (χ0n) is 13.1. The van der Waals surface area contributed by atoms with Gasteiger partial charge in [-0.15, -0.1) is 0 Å². The van der Waals surface area contributed by atoms with Crippen molar-refractivity contribution in [2.45, 2.75) is 26.2 Å². The van der Waals surface area contributed by atoms with Gasteiger partial charge in [-0.1, -0.05) is 49.8 Å². The van der Waals surface area contributed by atoms with Gasteiger partial charge in [0.15, 0.2) is 0 Å². The van der Waals surface area contributed by atoms with Gasteiger partial charge >= 0.3 is 0 Å². The maximum atomic E-state index is 5.61. The largest absolute Gasteiger partial charge is 0.493 e. The number of unbranched alkanes of at least 4 members (excludes halogenated alkanes) is 1. The van der Waals surface area contributed by atoms with Crippen molar-refractivity contribution in [3.8, 4) is 5.75 Å². The summed E-state index contributed by atoms with van der Waals surface area (Å²) >= 11 is 0. The van der Waals surface area contributed by atoms with E-state index in [2.05, 4.69) is 66.9 Å². The predicted octanol–water partition coefficient (Wildman–Crippen LogP) is 5.00. The highest BCUT2D eigenvalue weighted by atomic mass is 16.5. The molecule has 0 saturated heterocycles. The normalized spacial score (nSPS) is 13.1. The molecule has 2 nitrogen and oxygen atoms in total. The lowest BCUT2D eigenvalue weighted by atomic mass is 10.1. The molecule has 0 amide bonds. The van der Waals surface area contributed by atoms with Crippen LogP contribution < -0.4 is 10.1 Å². The molecular weight excluding hydrogens is 270 g/mol. The number of anilines is 1. The number of ether oxygens (including phenoxy) is 1. The Bertz CT molecular complexity index is 643. The van der Waals surface area contributed by atoms with Gasteiger partial charge in [0.1, 0.15) is 5.75 Å². The fourth-order valence-electron chi connectivity index (χ4n) is 2.60. The molecule has 0 bridgehead atoms. The summed E-state index contributed by atoms with van der Waals surface area (Å²) in [5.41, 5.74) is 4.91. The Labute approximate surface area is 132 Å². The molecule has 2 aromatic rings. The second-order valence-corrected chi connectivity index (χ2v) is 5.70. The fourth-order valence-corrected chi connectivity index (χ4v) is 2.60. The van der Waals surface area contributed by atoms with Gasteiger partial charge in [0.2, 0.25) is 0 Å². The van der Waals surface area contributed by atoms with Crippen LogP contribution in [-0.2, 0) is 6.42 Å². The molecule has 1 N–H and O–H groups in total. The van der Waals surface area contributed by atoms with Crippen LogP contribution >= 0.6 is 0 Å². The summed E-state index contributed by atoms with van der Waals surface area (Å²) in [6.07, 6.45) is 7.75. The lowest BCUT2D eigenvalue weighted by molar-refractivity contribution is 0.357. The zero-order valence-corrected chi connectivity index (χ0v) is 13.1. The Morgan fingerprint density at radius 3 is 2.64 bits per heavy atom. The van der Waals surface area contributed by atoms with E-state index in [1.807, 2.05) is 0 Å². The predicted molar refractivity (Wildman–Crippen MR) is 94.4 cm³/mol. The third-order valence-corrected chi connectivity index (χ3v) is 3.96. The molecule has 0 saturated carbocycles. The van der Waals surface area contributed by atoms with E-state index in [1.54, 1.807) is 0 Å². The van der Waals surface area contributed by atoms with Gasteiger partial charge in [-0.05, 0) is 41.3 Å². The van der Waals surface area contributed by atoms with Gasteiger partial charge in [-0.3, -0.25) is 0 Å². The molecule has 0 spiro atoms. The van der Waals surface area contributed by atoms with Crippen LogP contribution in [0.3, 0.4) is 0 Å². The minimum atomic E-state index is 0.814. The van der Waals surface area contributed by atoms with Gasteiger partial charge < -0.3 is 10.1 Å². The molecule has 3 rings (SSSR count). The number of benzene rings is 2. The van der Waals surface area contributed by atoms with Crippen LogP contribution in [0.4, 0.5) is 5.69 Å². The average Bonchev–Trinajstić information content (AvgIpc) is 3.02. The summed E-state index contributed by atoms with van der Waals surface area (Å²) in [6, 6.07) is 15.0. The number of nitrogens with one attached hydrogen (secondary N) is 1. The standard InChI is InChI=1S/C20H23NO/c1-2-3-13-21-19-10-7-16(8-11-19)4-5-17-6-9-18-12-14-22-20(18)15-17/h4-11,15,21H,2-3,12-14H2,1H3/b5-4+. The zero-order chi connectivity index (χ0) is 15.2. The van der Waals surface area contributed by atoms with Gasteiger partial charge in [0, 0.05) is 18.7 Å². The summed E-state index contributed by atoms with van der Waals surface area (Å²) in [4.78, 5) is 0. The average molecular weight is 293 g/mol.